The SMILES string of the molecule is CC[C@@]1(O)C(=O)OCc2c1cc1n(c2=O)Cc2c-1nc1cc(F)c(C)c3c1c2[C@@H](NC(=O)OC(CO)C(F)(F)F)CC3. The van der Waals surface area contributed by atoms with Crippen molar-refractivity contribution in [3.63, 3.8) is 0 Å². The van der Waals surface area contributed by atoms with Gasteiger partial charge in [-0.2, -0.15) is 13.2 Å². The Morgan fingerprint density at radius 1 is 1.29 bits per heavy atom. The van der Waals surface area contributed by atoms with E-state index in [-0.39, 0.29) is 60.4 Å². The van der Waals surface area contributed by atoms with Crippen LogP contribution in [0.2, 0.25) is 0 Å². The second-order valence-corrected chi connectivity index (χ2v) is 10.7. The summed E-state index contributed by atoms with van der Waals surface area (Å²) in [5.74, 6) is -1.42. The highest BCUT2D eigenvalue weighted by atomic mass is 19.4. The van der Waals surface area contributed by atoms with Gasteiger partial charge in [0.05, 0.1) is 41.7 Å². The molecule has 1 aliphatic carbocycles. The molecule has 3 aliphatic rings. The van der Waals surface area contributed by atoms with Crippen LogP contribution in [0.3, 0.4) is 0 Å². The first-order chi connectivity index (χ1) is 19.8. The molecule has 1 aromatic carbocycles. The van der Waals surface area contributed by atoms with Crippen molar-refractivity contribution in [2.24, 2.45) is 0 Å². The molecule has 42 heavy (non-hydrogen) atoms. The Kier molecular flexibility index (Phi) is 6.35. The van der Waals surface area contributed by atoms with Crippen molar-refractivity contribution in [1.82, 2.24) is 14.9 Å². The summed E-state index contributed by atoms with van der Waals surface area (Å²) in [5.41, 5.74) is 0.168. The molecule has 1 amide bonds. The zero-order valence-electron chi connectivity index (χ0n) is 22.4. The van der Waals surface area contributed by atoms with Gasteiger partial charge in [-0.05, 0) is 48.9 Å². The Bertz CT molecular complexity index is 1750. The predicted molar refractivity (Wildman–Crippen MR) is 137 cm³/mol. The summed E-state index contributed by atoms with van der Waals surface area (Å²) in [5, 5.41) is 23.2. The van der Waals surface area contributed by atoms with Crippen LogP contribution in [0.5, 0.6) is 0 Å². The summed E-state index contributed by atoms with van der Waals surface area (Å²) in [7, 11) is 0. The zero-order chi connectivity index (χ0) is 30.3. The minimum atomic E-state index is -4.99. The van der Waals surface area contributed by atoms with Crippen molar-refractivity contribution in [2.75, 3.05) is 6.61 Å². The molecule has 2 aliphatic heterocycles. The minimum absolute atomic E-state index is 0.0432. The maximum absolute atomic E-state index is 15.0. The molecule has 2 aromatic heterocycles. The van der Waals surface area contributed by atoms with Crippen molar-refractivity contribution < 1.29 is 46.8 Å². The maximum Gasteiger partial charge on any atom is 0.427 e. The van der Waals surface area contributed by atoms with Crippen molar-refractivity contribution in [3.8, 4) is 11.4 Å². The van der Waals surface area contributed by atoms with Gasteiger partial charge < -0.3 is 29.6 Å². The van der Waals surface area contributed by atoms with E-state index in [2.05, 4.69) is 15.0 Å². The van der Waals surface area contributed by atoms with E-state index in [1.54, 1.807) is 13.8 Å². The average Bonchev–Trinajstić information content (AvgIpc) is 3.31. The minimum Gasteiger partial charge on any atom is -0.458 e. The van der Waals surface area contributed by atoms with E-state index in [4.69, 9.17) is 9.84 Å². The fourth-order valence-corrected chi connectivity index (χ4v) is 6.21. The van der Waals surface area contributed by atoms with Gasteiger partial charge in [-0.1, -0.05) is 6.92 Å². The number of pyridine rings is 2. The number of carbonyl (C=O) groups is 2. The Hall–Kier alpha value is -4.04. The third-order valence-electron chi connectivity index (χ3n) is 8.45. The number of benzene rings is 1. The summed E-state index contributed by atoms with van der Waals surface area (Å²) in [6.45, 7) is 1.31. The van der Waals surface area contributed by atoms with Crippen LogP contribution in [0.4, 0.5) is 22.4 Å². The van der Waals surface area contributed by atoms with Crippen LogP contribution in [-0.4, -0.2) is 50.7 Å². The van der Waals surface area contributed by atoms with Crippen LogP contribution in [0.25, 0.3) is 22.3 Å². The molecule has 0 spiro atoms. The lowest BCUT2D eigenvalue weighted by Gasteiger charge is -2.31. The van der Waals surface area contributed by atoms with Gasteiger partial charge in [-0.25, -0.2) is 19.0 Å². The molecule has 10 nitrogen and oxygen atoms in total. The number of aliphatic hydroxyl groups is 2. The molecule has 0 radical (unpaired) electrons. The second-order valence-electron chi connectivity index (χ2n) is 10.7. The fraction of sp³-hybridized carbons (Fsp3) is 0.429. The Morgan fingerprint density at radius 3 is 2.69 bits per heavy atom. The number of amides is 1. The van der Waals surface area contributed by atoms with Gasteiger partial charge in [-0.3, -0.25) is 4.79 Å². The number of aromatic nitrogens is 2. The molecule has 0 bridgehead atoms. The number of nitrogens with one attached hydrogen (secondary N) is 1. The third kappa shape index (κ3) is 3.99. The Morgan fingerprint density at radius 2 is 2.02 bits per heavy atom. The third-order valence-corrected chi connectivity index (χ3v) is 8.45. The van der Waals surface area contributed by atoms with Crippen LogP contribution < -0.4 is 10.9 Å². The van der Waals surface area contributed by atoms with E-state index >= 15 is 0 Å². The van der Waals surface area contributed by atoms with Crippen molar-refractivity contribution in [3.05, 3.63) is 61.7 Å². The zero-order valence-corrected chi connectivity index (χ0v) is 22.4. The number of esters is 1. The Labute approximate surface area is 234 Å². The monoisotopic (exact) mass is 591 g/mol. The van der Waals surface area contributed by atoms with Gasteiger partial charge in [0.2, 0.25) is 6.10 Å². The molecule has 0 fully saturated rings. The van der Waals surface area contributed by atoms with Crippen LogP contribution in [0.1, 0.15) is 59.2 Å². The van der Waals surface area contributed by atoms with Crippen LogP contribution in [0.15, 0.2) is 16.9 Å². The highest BCUT2D eigenvalue weighted by molar-refractivity contribution is 5.93. The number of hydrogen-bond acceptors (Lipinski definition) is 8. The van der Waals surface area contributed by atoms with Crippen molar-refractivity contribution >= 4 is 23.0 Å². The van der Waals surface area contributed by atoms with Gasteiger partial charge in [0.15, 0.2) is 5.60 Å². The number of fused-ring (bicyclic) bond motifs is 5. The molecule has 0 saturated carbocycles. The summed E-state index contributed by atoms with van der Waals surface area (Å²) in [4.78, 5) is 43.4. The quantitative estimate of drug-likeness (QED) is 0.243. The number of halogens is 4. The Balaban J connectivity index is 1.53. The van der Waals surface area contributed by atoms with Gasteiger partial charge in [0.25, 0.3) is 5.56 Å². The van der Waals surface area contributed by atoms with Crippen LogP contribution in [-0.2, 0) is 39.4 Å². The number of ether oxygens (including phenoxy) is 2. The van der Waals surface area contributed by atoms with Gasteiger partial charge in [0, 0.05) is 22.6 Å². The van der Waals surface area contributed by atoms with Crippen molar-refractivity contribution in [2.45, 2.75) is 70.2 Å². The van der Waals surface area contributed by atoms with Gasteiger partial charge >= 0.3 is 18.2 Å². The number of cyclic esters (lactones) is 1. The molecule has 3 N–H and O–H groups in total. The first-order valence-corrected chi connectivity index (χ1v) is 13.3. The van der Waals surface area contributed by atoms with E-state index in [1.165, 1.54) is 16.7 Å². The number of nitrogens with zero attached hydrogens (tertiary/aromatic N) is 2. The van der Waals surface area contributed by atoms with E-state index in [9.17, 15) is 37.1 Å². The van der Waals surface area contributed by atoms with Crippen molar-refractivity contribution in [1.29, 1.82) is 0 Å². The fourth-order valence-electron chi connectivity index (χ4n) is 6.21. The molecule has 6 rings (SSSR count). The highest BCUT2D eigenvalue weighted by Crippen LogP contribution is 2.46. The number of alkyl carbamates (subject to hydrolysis) is 1. The summed E-state index contributed by atoms with van der Waals surface area (Å²) >= 11 is 0. The number of aryl methyl sites for hydroxylation is 1. The lowest BCUT2D eigenvalue weighted by atomic mass is 9.81. The van der Waals surface area contributed by atoms with E-state index < -0.39 is 54.0 Å². The summed E-state index contributed by atoms with van der Waals surface area (Å²) in [6.07, 6.45) is -8.76. The standard InChI is InChI=1S/C28H25F4N3O7/c1-3-27(40)15-6-19-23-13(8-35(19)24(37)14(15)10-41-25(27)38)22-17(34-26(39)42-20(9-36)28(30,31)32)5-4-12-11(2)16(29)7-18(33-23)21(12)22/h6-7,17,20,36,40H,3-5,8-10H2,1-2H3,(H,34,39)/t17-,20?,27-/m0/s1. The van der Waals surface area contributed by atoms with E-state index in [0.29, 0.717) is 27.6 Å². The molecule has 14 heteroatoms. The number of carbonyl (C=O) groups excluding carboxylic acids is 2. The first-order valence-electron chi connectivity index (χ1n) is 13.3. The lowest BCUT2D eigenvalue weighted by molar-refractivity contribution is -0.212. The largest absolute Gasteiger partial charge is 0.458 e. The smallest absolute Gasteiger partial charge is 0.427 e. The number of rotatable bonds is 4. The highest BCUT2D eigenvalue weighted by Gasteiger charge is 2.46. The van der Waals surface area contributed by atoms with E-state index in [1.807, 2.05) is 0 Å². The maximum atomic E-state index is 15.0. The topological polar surface area (TPSA) is 140 Å². The van der Waals surface area contributed by atoms with Gasteiger partial charge in [0.1, 0.15) is 12.4 Å². The number of aliphatic hydroxyl groups excluding tert-OH is 1. The summed E-state index contributed by atoms with van der Waals surface area (Å²) in [6, 6.07) is 1.79. The molecule has 3 atom stereocenters. The number of alkyl halides is 3. The number of hydrogen-bond donors (Lipinski definition) is 3. The average molecular weight is 592 g/mol. The van der Waals surface area contributed by atoms with Crippen LogP contribution in [0, 0.1) is 12.7 Å². The lowest BCUT2D eigenvalue weighted by Crippen LogP contribution is -2.44. The molecule has 0 saturated heterocycles. The normalized spacial score (nSPS) is 21.3. The second kappa shape index (κ2) is 9.49. The molecular formula is C28H25F4N3O7. The van der Waals surface area contributed by atoms with E-state index in [0.717, 1.165) is 0 Å². The molecule has 3 aromatic rings. The first kappa shape index (κ1) is 28.1. The molecule has 1 unspecified atom stereocenters. The summed E-state index contributed by atoms with van der Waals surface area (Å²) < 4.78 is 65.3. The predicted octanol–water partition coefficient (Wildman–Crippen LogP) is 3.16. The molecule has 222 valence electrons. The molecule has 4 heterocycles. The van der Waals surface area contributed by atoms with Crippen LogP contribution >= 0.6 is 0 Å². The van der Waals surface area contributed by atoms with Gasteiger partial charge in [-0.15, -0.1) is 0 Å². The molecular weight excluding hydrogens is 566 g/mol.